The summed E-state index contributed by atoms with van der Waals surface area (Å²) in [5.41, 5.74) is 7.88. The van der Waals surface area contributed by atoms with Gasteiger partial charge in [-0.3, -0.25) is 4.79 Å². The molecular weight excluding hydrogens is 374 g/mol. The smallest absolute Gasteiger partial charge is 0.323 e. The number of benzene rings is 2. The molecule has 2 aromatic carbocycles. The third-order valence-electron chi connectivity index (χ3n) is 4.86. The Morgan fingerprint density at radius 2 is 1.57 bits per heavy atom. The maximum absolute atomic E-state index is 11.9. The van der Waals surface area contributed by atoms with Gasteiger partial charge in [0.2, 0.25) is 0 Å². The van der Waals surface area contributed by atoms with Crippen LogP contribution in [0, 0.1) is 5.92 Å². The SMILES string of the molecule is CCC(CC)[C@@H](Oc1cccc(-c2ccccc2)c1)[C@H](C)OC(=O)[C@H](C)N.Cl. The second-order valence-corrected chi connectivity index (χ2v) is 6.98. The van der Waals surface area contributed by atoms with Crippen LogP contribution >= 0.6 is 12.4 Å². The summed E-state index contributed by atoms with van der Waals surface area (Å²) in [7, 11) is 0. The largest absolute Gasteiger partial charge is 0.486 e. The number of hydrogen-bond donors (Lipinski definition) is 1. The molecule has 0 unspecified atom stereocenters. The zero-order valence-electron chi connectivity index (χ0n) is 17.1. The molecule has 2 aromatic rings. The van der Waals surface area contributed by atoms with Gasteiger partial charge in [0.25, 0.3) is 0 Å². The zero-order valence-corrected chi connectivity index (χ0v) is 17.9. The van der Waals surface area contributed by atoms with Crippen molar-refractivity contribution in [1.82, 2.24) is 0 Å². The van der Waals surface area contributed by atoms with Gasteiger partial charge in [0.15, 0.2) is 0 Å². The summed E-state index contributed by atoms with van der Waals surface area (Å²) in [6.07, 6.45) is 1.28. The number of ether oxygens (including phenoxy) is 2. The van der Waals surface area contributed by atoms with Crippen LogP contribution < -0.4 is 10.5 Å². The molecular formula is C23H32ClNO3. The topological polar surface area (TPSA) is 61.5 Å². The first-order chi connectivity index (χ1) is 13.0. The second-order valence-electron chi connectivity index (χ2n) is 6.98. The van der Waals surface area contributed by atoms with Crippen molar-refractivity contribution in [3.8, 4) is 16.9 Å². The molecule has 0 aliphatic carbocycles. The normalized spacial score (nSPS) is 13.9. The van der Waals surface area contributed by atoms with E-state index in [1.807, 2.05) is 43.3 Å². The molecule has 0 bridgehead atoms. The van der Waals surface area contributed by atoms with Crippen LogP contribution in [0.4, 0.5) is 0 Å². The summed E-state index contributed by atoms with van der Waals surface area (Å²) in [5.74, 6) is 0.651. The van der Waals surface area contributed by atoms with Crippen molar-refractivity contribution in [3.63, 3.8) is 0 Å². The Labute approximate surface area is 174 Å². The van der Waals surface area contributed by atoms with Gasteiger partial charge in [0.1, 0.15) is 24.0 Å². The van der Waals surface area contributed by atoms with Gasteiger partial charge < -0.3 is 15.2 Å². The van der Waals surface area contributed by atoms with Gasteiger partial charge in [-0.25, -0.2) is 0 Å². The zero-order chi connectivity index (χ0) is 19.8. The van der Waals surface area contributed by atoms with E-state index < -0.39 is 12.0 Å². The van der Waals surface area contributed by atoms with Crippen LogP contribution in [0.15, 0.2) is 54.6 Å². The average Bonchev–Trinajstić information content (AvgIpc) is 2.68. The minimum absolute atomic E-state index is 0. The minimum atomic E-state index is -0.642. The molecule has 3 atom stereocenters. The van der Waals surface area contributed by atoms with Crippen LogP contribution in [0.5, 0.6) is 5.75 Å². The standard InChI is InChI=1S/C23H31NO3.ClH/c1-5-18(6-2)22(17(4)26-23(25)16(3)24)27-21-14-10-13-20(15-21)19-11-8-7-9-12-19;/h7-18,22H,5-6,24H2,1-4H3;1H/t16-,17-,22-;/m0./s1. The van der Waals surface area contributed by atoms with Crippen LogP contribution in [0.1, 0.15) is 40.5 Å². The van der Waals surface area contributed by atoms with Gasteiger partial charge in [-0.15, -0.1) is 12.4 Å². The van der Waals surface area contributed by atoms with Gasteiger partial charge in [-0.2, -0.15) is 0 Å². The first-order valence-electron chi connectivity index (χ1n) is 9.74. The lowest BCUT2D eigenvalue weighted by Crippen LogP contribution is -2.42. The Balaban J connectivity index is 0.00000392. The van der Waals surface area contributed by atoms with Crippen molar-refractivity contribution in [2.75, 3.05) is 0 Å². The van der Waals surface area contributed by atoms with Crippen LogP contribution in [-0.2, 0) is 9.53 Å². The number of esters is 1. The summed E-state index contributed by atoms with van der Waals surface area (Å²) in [6, 6.07) is 17.6. The van der Waals surface area contributed by atoms with Gasteiger partial charge in [0, 0.05) is 0 Å². The molecule has 4 nitrogen and oxygen atoms in total. The molecule has 0 aromatic heterocycles. The number of halogens is 1. The van der Waals surface area contributed by atoms with Crippen LogP contribution in [0.3, 0.4) is 0 Å². The molecule has 28 heavy (non-hydrogen) atoms. The fraction of sp³-hybridized carbons (Fsp3) is 0.435. The summed E-state index contributed by atoms with van der Waals surface area (Å²) in [6.45, 7) is 7.77. The highest BCUT2D eigenvalue weighted by Gasteiger charge is 2.30. The second kappa shape index (κ2) is 11.7. The quantitative estimate of drug-likeness (QED) is 0.579. The van der Waals surface area contributed by atoms with E-state index in [0.717, 1.165) is 29.7 Å². The highest BCUT2D eigenvalue weighted by atomic mass is 35.5. The molecule has 0 radical (unpaired) electrons. The summed E-state index contributed by atoms with van der Waals surface area (Å²) in [4.78, 5) is 11.9. The minimum Gasteiger partial charge on any atom is -0.486 e. The molecule has 154 valence electrons. The third-order valence-corrected chi connectivity index (χ3v) is 4.86. The highest BCUT2D eigenvalue weighted by molar-refractivity contribution is 5.85. The van der Waals surface area contributed by atoms with E-state index in [0.29, 0.717) is 0 Å². The Morgan fingerprint density at radius 1 is 0.964 bits per heavy atom. The van der Waals surface area contributed by atoms with Crippen molar-refractivity contribution < 1.29 is 14.3 Å². The first-order valence-corrected chi connectivity index (χ1v) is 9.74. The Bertz CT molecular complexity index is 717. The van der Waals surface area contributed by atoms with Crippen molar-refractivity contribution in [3.05, 3.63) is 54.6 Å². The number of rotatable bonds is 9. The fourth-order valence-electron chi connectivity index (χ4n) is 3.22. The predicted octanol–water partition coefficient (Wildman–Crippen LogP) is 5.24. The van der Waals surface area contributed by atoms with Crippen molar-refractivity contribution in [1.29, 1.82) is 0 Å². The molecule has 0 saturated carbocycles. The van der Waals surface area contributed by atoms with E-state index >= 15 is 0 Å². The highest BCUT2D eigenvalue weighted by Crippen LogP contribution is 2.28. The number of carbonyl (C=O) groups is 1. The third kappa shape index (κ3) is 6.54. The fourth-order valence-corrected chi connectivity index (χ4v) is 3.22. The maximum atomic E-state index is 11.9. The van der Waals surface area contributed by atoms with Gasteiger partial charge in [0.05, 0.1) is 0 Å². The molecule has 5 heteroatoms. The molecule has 0 saturated heterocycles. The lowest BCUT2D eigenvalue weighted by molar-refractivity contribution is -0.155. The van der Waals surface area contributed by atoms with Crippen molar-refractivity contribution in [2.45, 2.75) is 58.8 Å². The molecule has 0 amide bonds. The Hall–Kier alpha value is -2.04. The van der Waals surface area contributed by atoms with E-state index in [-0.39, 0.29) is 30.5 Å². The van der Waals surface area contributed by atoms with Gasteiger partial charge in [-0.05, 0) is 55.9 Å². The number of carbonyl (C=O) groups excluding carboxylic acids is 1. The lowest BCUT2D eigenvalue weighted by Gasteiger charge is -2.31. The maximum Gasteiger partial charge on any atom is 0.323 e. The monoisotopic (exact) mass is 405 g/mol. The van der Waals surface area contributed by atoms with Crippen LogP contribution in [0.2, 0.25) is 0 Å². The van der Waals surface area contributed by atoms with E-state index in [9.17, 15) is 4.79 Å². The predicted molar refractivity (Wildman–Crippen MR) is 117 cm³/mol. The summed E-state index contributed by atoms with van der Waals surface area (Å²) < 4.78 is 11.9. The van der Waals surface area contributed by atoms with Crippen molar-refractivity contribution >= 4 is 18.4 Å². The van der Waals surface area contributed by atoms with Gasteiger partial charge >= 0.3 is 5.97 Å². The van der Waals surface area contributed by atoms with E-state index in [1.165, 1.54) is 0 Å². The molecule has 2 rings (SSSR count). The lowest BCUT2D eigenvalue weighted by atomic mass is 9.93. The molecule has 0 heterocycles. The van der Waals surface area contributed by atoms with Crippen LogP contribution in [-0.4, -0.2) is 24.2 Å². The molecule has 0 spiro atoms. The van der Waals surface area contributed by atoms with Crippen LogP contribution in [0.25, 0.3) is 11.1 Å². The van der Waals surface area contributed by atoms with E-state index in [4.69, 9.17) is 15.2 Å². The van der Waals surface area contributed by atoms with E-state index in [2.05, 4.69) is 32.0 Å². The molecule has 0 aliphatic heterocycles. The molecule has 2 N–H and O–H groups in total. The summed E-state index contributed by atoms with van der Waals surface area (Å²) in [5, 5.41) is 0. The average molecular weight is 406 g/mol. The Kier molecular flexibility index (Phi) is 10.0. The number of nitrogens with two attached hydrogens (primary N) is 1. The molecule has 0 fully saturated rings. The first kappa shape index (κ1) is 24.0. The van der Waals surface area contributed by atoms with E-state index in [1.54, 1.807) is 6.92 Å². The Morgan fingerprint density at radius 3 is 2.14 bits per heavy atom. The number of hydrogen-bond acceptors (Lipinski definition) is 4. The van der Waals surface area contributed by atoms with Gasteiger partial charge in [-0.1, -0.05) is 56.3 Å². The van der Waals surface area contributed by atoms with Crippen molar-refractivity contribution in [2.24, 2.45) is 11.7 Å². The molecule has 0 aliphatic rings. The summed E-state index contributed by atoms with van der Waals surface area (Å²) >= 11 is 0.